The second kappa shape index (κ2) is 4.01. The Kier molecular flexibility index (Phi) is 2.91. The first-order valence-electron chi connectivity index (χ1n) is 4.05. The smallest absolute Gasteiger partial charge is 0.136 e. The number of hydrogen-bond donors (Lipinski definition) is 0. The molecule has 1 nitrogen and oxygen atoms in total. The van der Waals surface area contributed by atoms with Crippen molar-refractivity contribution in [3.8, 4) is 5.75 Å². The van der Waals surface area contributed by atoms with Crippen LogP contribution in [0, 0.1) is 0 Å². The highest BCUT2D eigenvalue weighted by Gasteiger charge is 2.11. The molecular weight excluding hydrogens is 236 g/mol. The topological polar surface area (TPSA) is 9.23 Å². The van der Waals surface area contributed by atoms with Gasteiger partial charge in [0.15, 0.2) is 0 Å². The summed E-state index contributed by atoms with van der Waals surface area (Å²) in [6.07, 6.45) is 2.05. The Labute approximate surface area is 96.0 Å². The molecule has 1 heterocycles. The summed E-state index contributed by atoms with van der Waals surface area (Å²) in [6, 6.07) is 4.03. The highest BCUT2D eigenvalue weighted by atomic mass is 35.5. The summed E-state index contributed by atoms with van der Waals surface area (Å²) >= 11 is 9.45. The van der Waals surface area contributed by atoms with Crippen molar-refractivity contribution in [1.82, 2.24) is 0 Å². The van der Waals surface area contributed by atoms with E-state index in [1.54, 1.807) is 30.2 Å². The minimum absolute atomic E-state index is 0.813. The molecule has 1 aromatic heterocycles. The van der Waals surface area contributed by atoms with Gasteiger partial charge in [0.2, 0.25) is 0 Å². The first kappa shape index (κ1) is 10.1. The number of methoxy groups -OCH3 is 1. The fourth-order valence-electron chi connectivity index (χ4n) is 1.39. The van der Waals surface area contributed by atoms with Gasteiger partial charge < -0.3 is 4.74 Å². The predicted molar refractivity (Wildman–Crippen MR) is 65.2 cm³/mol. The summed E-state index contributed by atoms with van der Waals surface area (Å²) in [4.78, 5) is 1.20. The van der Waals surface area contributed by atoms with Crippen LogP contribution in [0.2, 0.25) is 5.02 Å². The molecule has 0 saturated carbocycles. The van der Waals surface area contributed by atoms with Crippen molar-refractivity contribution in [3.05, 3.63) is 22.5 Å². The van der Waals surface area contributed by atoms with Crippen LogP contribution in [0.4, 0.5) is 0 Å². The average molecular weight is 245 g/mol. The van der Waals surface area contributed by atoms with Gasteiger partial charge in [-0.15, -0.1) is 23.1 Å². The van der Waals surface area contributed by atoms with Crippen LogP contribution in [-0.4, -0.2) is 13.4 Å². The second-order valence-corrected chi connectivity index (χ2v) is 4.89. The van der Waals surface area contributed by atoms with Crippen molar-refractivity contribution in [2.45, 2.75) is 4.90 Å². The largest absolute Gasteiger partial charge is 0.495 e. The van der Waals surface area contributed by atoms with Gasteiger partial charge in [-0.25, -0.2) is 0 Å². The summed E-state index contributed by atoms with van der Waals surface area (Å²) in [5, 5.41) is 3.88. The van der Waals surface area contributed by atoms with Crippen LogP contribution in [0.15, 0.2) is 22.4 Å². The zero-order valence-corrected chi connectivity index (χ0v) is 10.2. The van der Waals surface area contributed by atoms with Gasteiger partial charge in [0.1, 0.15) is 5.75 Å². The van der Waals surface area contributed by atoms with E-state index in [2.05, 4.69) is 6.26 Å². The maximum atomic E-state index is 6.13. The van der Waals surface area contributed by atoms with E-state index < -0.39 is 0 Å². The summed E-state index contributed by atoms with van der Waals surface area (Å²) < 4.78 is 6.41. The van der Waals surface area contributed by atoms with Crippen LogP contribution in [0.1, 0.15) is 0 Å². The lowest BCUT2D eigenvalue weighted by Gasteiger charge is -2.04. The minimum Gasteiger partial charge on any atom is -0.495 e. The molecule has 0 aliphatic heterocycles. The minimum atomic E-state index is 0.813. The zero-order valence-electron chi connectivity index (χ0n) is 7.83. The van der Waals surface area contributed by atoms with E-state index in [1.807, 2.05) is 17.5 Å². The van der Waals surface area contributed by atoms with Crippen molar-refractivity contribution in [1.29, 1.82) is 0 Å². The molecule has 0 atom stereocenters. The molecule has 0 saturated heterocycles. The molecule has 2 aromatic rings. The van der Waals surface area contributed by atoms with Crippen LogP contribution >= 0.6 is 34.7 Å². The van der Waals surface area contributed by atoms with E-state index in [4.69, 9.17) is 16.3 Å². The summed E-state index contributed by atoms with van der Waals surface area (Å²) in [6.45, 7) is 0. The zero-order chi connectivity index (χ0) is 10.1. The van der Waals surface area contributed by atoms with Crippen molar-refractivity contribution >= 4 is 44.8 Å². The third kappa shape index (κ3) is 1.49. The molecule has 0 amide bonds. The standard InChI is InChI=1S/C10H9ClOS2/c1-12-7-3-4-8(13-2)9-6(11)5-14-10(7)9/h3-5H,1-2H3. The molecule has 0 fully saturated rings. The molecule has 2 rings (SSSR count). The monoisotopic (exact) mass is 244 g/mol. The number of ether oxygens (including phenoxy) is 1. The maximum absolute atomic E-state index is 6.13. The highest BCUT2D eigenvalue weighted by molar-refractivity contribution is 7.98. The molecule has 0 bridgehead atoms. The van der Waals surface area contributed by atoms with Gasteiger partial charge >= 0.3 is 0 Å². The fourth-order valence-corrected chi connectivity index (χ4v) is 3.46. The van der Waals surface area contributed by atoms with Gasteiger partial charge in [-0.05, 0) is 18.4 Å². The SMILES string of the molecule is COc1ccc(SC)c2c(Cl)csc12. The Bertz CT molecular complexity index is 464. The van der Waals surface area contributed by atoms with Crippen molar-refractivity contribution in [2.75, 3.05) is 13.4 Å². The van der Waals surface area contributed by atoms with Crippen molar-refractivity contribution < 1.29 is 4.74 Å². The lowest BCUT2D eigenvalue weighted by atomic mass is 10.2. The molecule has 0 N–H and O–H groups in total. The van der Waals surface area contributed by atoms with E-state index in [0.717, 1.165) is 20.9 Å². The number of thioether (sulfide) groups is 1. The predicted octanol–water partition coefficient (Wildman–Crippen LogP) is 4.29. The third-order valence-corrected chi connectivity index (χ3v) is 4.24. The molecule has 4 heteroatoms. The van der Waals surface area contributed by atoms with E-state index in [-0.39, 0.29) is 0 Å². The molecule has 74 valence electrons. The Hall–Kier alpha value is -0.380. The van der Waals surface area contributed by atoms with Crippen LogP contribution in [0.3, 0.4) is 0 Å². The van der Waals surface area contributed by atoms with Crippen LogP contribution in [0.5, 0.6) is 5.75 Å². The van der Waals surface area contributed by atoms with Crippen molar-refractivity contribution in [2.24, 2.45) is 0 Å². The van der Waals surface area contributed by atoms with Gasteiger partial charge in [-0.3, -0.25) is 0 Å². The number of benzene rings is 1. The number of rotatable bonds is 2. The van der Waals surface area contributed by atoms with E-state index >= 15 is 0 Å². The van der Waals surface area contributed by atoms with Gasteiger partial charge in [0.05, 0.1) is 16.8 Å². The fraction of sp³-hybridized carbons (Fsp3) is 0.200. The number of halogens is 1. The summed E-state index contributed by atoms with van der Waals surface area (Å²) in [5.74, 6) is 0.898. The molecule has 0 aliphatic carbocycles. The molecular formula is C10H9ClOS2. The Morgan fingerprint density at radius 3 is 2.86 bits per heavy atom. The Balaban J connectivity index is 2.81. The number of hydrogen-bond acceptors (Lipinski definition) is 3. The molecule has 0 spiro atoms. The Morgan fingerprint density at radius 1 is 1.43 bits per heavy atom. The first-order chi connectivity index (χ1) is 6.77. The first-order valence-corrected chi connectivity index (χ1v) is 6.54. The van der Waals surface area contributed by atoms with Gasteiger partial charge in [-0.2, -0.15) is 0 Å². The van der Waals surface area contributed by atoms with Gasteiger partial charge in [0, 0.05) is 15.7 Å². The number of fused-ring (bicyclic) bond motifs is 1. The second-order valence-electron chi connectivity index (χ2n) is 2.76. The highest BCUT2D eigenvalue weighted by Crippen LogP contribution is 2.41. The van der Waals surface area contributed by atoms with Gasteiger partial charge in [-0.1, -0.05) is 11.6 Å². The summed E-state index contributed by atoms with van der Waals surface area (Å²) in [7, 11) is 1.68. The van der Waals surface area contributed by atoms with Crippen LogP contribution in [0.25, 0.3) is 10.1 Å². The molecule has 14 heavy (non-hydrogen) atoms. The van der Waals surface area contributed by atoms with Crippen molar-refractivity contribution in [3.63, 3.8) is 0 Å². The van der Waals surface area contributed by atoms with Crippen LogP contribution < -0.4 is 4.74 Å². The molecule has 1 aromatic carbocycles. The molecule has 0 unspecified atom stereocenters. The van der Waals surface area contributed by atoms with Crippen LogP contribution in [-0.2, 0) is 0 Å². The normalized spacial score (nSPS) is 10.8. The summed E-state index contributed by atoms with van der Waals surface area (Å²) in [5.41, 5.74) is 0. The lowest BCUT2D eigenvalue weighted by molar-refractivity contribution is 0.420. The number of thiophene rings is 1. The van der Waals surface area contributed by atoms with E-state index in [1.165, 1.54) is 4.90 Å². The lowest BCUT2D eigenvalue weighted by Crippen LogP contribution is -1.83. The van der Waals surface area contributed by atoms with Gasteiger partial charge in [0.25, 0.3) is 0 Å². The molecule has 0 aliphatic rings. The van der Waals surface area contributed by atoms with E-state index in [0.29, 0.717) is 0 Å². The maximum Gasteiger partial charge on any atom is 0.136 e. The quantitative estimate of drug-likeness (QED) is 0.729. The third-order valence-electron chi connectivity index (χ3n) is 2.04. The molecule has 0 radical (unpaired) electrons. The average Bonchev–Trinajstić information content (AvgIpc) is 2.60. The Morgan fingerprint density at radius 2 is 2.21 bits per heavy atom. The van der Waals surface area contributed by atoms with E-state index in [9.17, 15) is 0 Å².